The molecular formula is C16H24N2O. The van der Waals surface area contributed by atoms with Crippen LogP contribution in [0.1, 0.15) is 50.4 Å². The van der Waals surface area contributed by atoms with Crippen molar-refractivity contribution in [2.24, 2.45) is 11.3 Å². The third-order valence-corrected chi connectivity index (χ3v) is 3.71. The first-order valence-electron chi connectivity index (χ1n) is 7.15. The number of piperidine rings is 1. The van der Waals surface area contributed by atoms with Crippen molar-refractivity contribution < 1.29 is 4.79 Å². The molecule has 3 nitrogen and oxygen atoms in total. The molecule has 1 fully saturated rings. The Morgan fingerprint density at radius 2 is 2.05 bits per heavy atom. The van der Waals surface area contributed by atoms with Gasteiger partial charge in [-0.25, -0.2) is 0 Å². The van der Waals surface area contributed by atoms with Gasteiger partial charge < -0.3 is 4.90 Å². The molecule has 1 saturated heterocycles. The van der Waals surface area contributed by atoms with E-state index in [0.29, 0.717) is 11.0 Å². The van der Waals surface area contributed by atoms with Gasteiger partial charge in [-0.05, 0) is 42.7 Å². The van der Waals surface area contributed by atoms with Gasteiger partial charge in [0, 0.05) is 25.5 Å². The Morgan fingerprint density at radius 3 is 2.58 bits per heavy atom. The van der Waals surface area contributed by atoms with Crippen LogP contribution in [-0.4, -0.2) is 28.9 Å². The van der Waals surface area contributed by atoms with Crippen molar-refractivity contribution in [3.05, 3.63) is 30.1 Å². The van der Waals surface area contributed by atoms with Crippen molar-refractivity contribution in [3.8, 4) is 0 Å². The zero-order chi connectivity index (χ0) is 13.9. The highest BCUT2D eigenvalue weighted by Crippen LogP contribution is 2.31. The Bertz CT molecular complexity index is 414. The Hall–Kier alpha value is -1.38. The molecule has 1 aromatic rings. The van der Waals surface area contributed by atoms with Crippen molar-refractivity contribution >= 4 is 5.91 Å². The van der Waals surface area contributed by atoms with Crippen LogP contribution in [0.3, 0.4) is 0 Å². The molecule has 2 heterocycles. The van der Waals surface area contributed by atoms with E-state index in [2.05, 4.69) is 25.8 Å². The minimum Gasteiger partial charge on any atom is -0.339 e. The molecule has 0 aliphatic carbocycles. The molecule has 3 heteroatoms. The van der Waals surface area contributed by atoms with Crippen LogP contribution in [0, 0.1) is 11.3 Å². The van der Waals surface area contributed by atoms with Crippen molar-refractivity contribution in [2.45, 2.75) is 40.0 Å². The van der Waals surface area contributed by atoms with E-state index in [-0.39, 0.29) is 5.91 Å². The molecule has 0 aromatic carbocycles. The SMILES string of the molecule is CC(C)(C)CC1CCN(C(=O)c2cccnc2)CC1. The normalized spacial score (nSPS) is 17.5. The molecule has 2 rings (SSSR count). The smallest absolute Gasteiger partial charge is 0.255 e. The van der Waals surface area contributed by atoms with Crippen LogP contribution in [0.25, 0.3) is 0 Å². The van der Waals surface area contributed by atoms with E-state index < -0.39 is 0 Å². The number of pyridine rings is 1. The second-order valence-corrected chi connectivity index (χ2v) is 6.74. The summed E-state index contributed by atoms with van der Waals surface area (Å²) in [7, 11) is 0. The third kappa shape index (κ3) is 4.05. The standard InChI is InChI=1S/C16H24N2O/c1-16(2,3)11-13-6-9-18(10-7-13)15(19)14-5-4-8-17-12-14/h4-5,8,12-13H,6-7,9-11H2,1-3H3. The van der Waals surface area contributed by atoms with Crippen LogP contribution in [0.5, 0.6) is 0 Å². The summed E-state index contributed by atoms with van der Waals surface area (Å²) in [5, 5.41) is 0. The van der Waals surface area contributed by atoms with Gasteiger partial charge in [0.05, 0.1) is 5.56 Å². The molecule has 0 bridgehead atoms. The number of carbonyl (C=O) groups is 1. The third-order valence-electron chi connectivity index (χ3n) is 3.71. The summed E-state index contributed by atoms with van der Waals surface area (Å²) in [6.45, 7) is 8.64. The predicted molar refractivity (Wildman–Crippen MR) is 76.9 cm³/mol. The van der Waals surface area contributed by atoms with Crippen LogP contribution in [0.4, 0.5) is 0 Å². The Morgan fingerprint density at radius 1 is 1.37 bits per heavy atom. The summed E-state index contributed by atoms with van der Waals surface area (Å²) in [5.41, 5.74) is 1.09. The summed E-state index contributed by atoms with van der Waals surface area (Å²) in [6.07, 6.45) is 6.87. The second-order valence-electron chi connectivity index (χ2n) is 6.74. The van der Waals surface area contributed by atoms with E-state index >= 15 is 0 Å². The number of amides is 1. The van der Waals surface area contributed by atoms with Gasteiger partial charge in [-0.1, -0.05) is 20.8 Å². The number of carbonyl (C=O) groups excluding carboxylic acids is 1. The van der Waals surface area contributed by atoms with E-state index in [1.54, 1.807) is 12.4 Å². The maximum Gasteiger partial charge on any atom is 0.255 e. The fraction of sp³-hybridized carbons (Fsp3) is 0.625. The molecule has 0 radical (unpaired) electrons. The van der Waals surface area contributed by atoms with Gasteiger partial charge in [-0.3, -0.25) is 9.78 Å². The first kappa shape index (κ1) is 14.0. The highest BCUT2D eigenvalue weighted by Gasteiger charge is 2.26. The zero-order valence-corrected chi connectivity index (χ0v) is 12.2. The lowest BCUT2D eigenvalue weighted by Crippen LogP contribution is -2.39. The molecule has 19 heavy (non-hydrogen) atoms. The zero-order valence-electron chi connectivity index (χ0n) is 12.2. The Balaban J connectivity index is 1.88. The summed E-state index contributed by atoms with van der Waals surface area (Å²) in [5.74, 6) is 0.889. The van der Waals surface area contributed by atoms with Crippen molar-refractivity contribution in [3.63, 3.8) is 0 Å². The van der Waals surface area contributed by atoms with Crippen LogP contribution < -0.4 is 0 Å². The fourth-order valence-corrected chi connectivity index (χ4v) is 2.88. The van der Waals surface area contributed by atoms with Crippen LogP contribution in [-0.2, 0) is 0 Å². The molecule has 0 spiro atoms. The van der Waals surface area contributed by atoms with Crippen molar-refractivity contribution in [2.75, 3.05) is 13.1 Å². The van der Waals surface area contributed by atoms with Gasteiger partial charge in [0.15, 0.2) is 0 Å². The molecule has 1 aliphatic rings. The van der Waals surface area contributed by atoms with Crippen molar-refractivity contribution in [1.29, 1.82) is 0 Å². The quantitative estimate of drug-likeness (QED) is 0.817. The largest absolute Gasteiger partial charge is 0.339 e. The average Bonchev–Trinajstić information content (AvgIpc) is 2.38. The highest BCUT2D eigenvalue weighted by molar-refractivity contribution is 5.93. The Kier molecular flexibility index (Phi) is 4.23. The van der Waals surface area contributed by atoms with E-state index in [1.807, 2.05) is 17.0 Å². The minimum absolute atomic E-state index is 0.127. The summed E-state index contributed by atoms with van der Waals surface area (Å²) in [4.78, 5) is 18.3. The predicted octanol–water partition coefficient (Wildman–Crippen LogP) is 3.37. The molecule has 1 aromatic heterocycles. The first-order chi connectivity index (χ1) is 8.96. The van der Waals surface area contributed by atoms with Crippen LogP contribution in [0.15, 0.2) is 24.5 Å². The average molecular weight is 260 g/mol. The lowest BCUT2D eigenvalue weighted by atomic mass is 9.80. The van der Waals surface area contributed by atoms with Gasteiger partial charge >= 0.3 is 0 Å². The van der Waals surface area contributed by atoms with Crippen molar-refractivity contribution in [1.82, 2.24) is 9.88 Å². The monoisotopic (exact) mass is 260 g/mol. The maximum absolute atomic E-state index is 12.3. The molecule has 0 atom stereocenters. The van der Waals surface area contributed by atoms with Gasteiger partial charge in [0.25, 0.3) is 5.91 Å². The van der Waals surface area contributed by atoms with Gasteiger partial charge in [-0.15, -0.1) is 0 Å². The number of rotatable bonds is 2. The number of likely N-dealkylation sites (tertiary alicyclic amines) is 1. The fourth-order valence-electron chi connectivity index (χ4n) is 2.88. The number of aromatic nitrogens is 1. The number of hydrogen-bond donors (Lipinski definition) is 0. The highest BCUT2D eigenvalue weighted by atomic mass is 16.2. The molecule has 1 aliphatic heterocycles. The van der Waals surface area contributed by atoms with E-state index in [4.69, 9.17) is 0 Å². The topological polar surface area (TPSA) is 33.2 Å². The molecule has 1 amide bonds. The van der Waals surface area contributed by atoms with Gasteiger partial charge in [0.1, 0.15) is 0 Å². The van der Waals surface area contributed by atoms with E-state index in [0.717, 1.165) is 31.8 Å². The molecule has 0 N–H and O–H groups in total. The lowest BCUT2D eigenvalue weighted by Gasteiger charge is -2.35. The Labute approximate surface area is 116 Å². The summed E-state index contributed by atoms with van der Waals surface area (Å²) in [6, 6.07) is 3.66. The number of nitrogens with zero attached hydrogens (tertiary/aromatic N) is 2. The minimum atomic E-state index is 0.127. The second kappa shape index (κ2) is 5.72. The molecule has 104 valence electrons. The van der Waals surface area contributed by atoms with Crippen LogP contribution in [0.2, 0.25) is 0 Å². The van der Waals surface area contributed by atoms with Gasteiger partial charge in [0.2, 0.25) is 0 Å². The summed E-state index contributed by atoms with van der Waals surface area (Å²) >= 11 is 0. The molecule has 0 unspecified atom stereocenters. The van der Waals surface area contributed by atoms with Gasteiger partial charge in [-0.2, -0.15) is 0 Å². The molecule has 0 saturated carbocycles. The van der Waals surface area contributed by atoms with E-state index in [1.165, 1.54) is 6.42 Å². The number of hydrogen-bond acceptors (Lipinski definition) is 2. The van der Waals surface area contributed by atoms with Crippen LogP contribution >= 0.6 is 0 Å². The molecular weight excluding hydrogens is 236 g/mol. The first-order valence-corrected chi connectivity index (χ1v) is 7.15. The van der Waals surface area contributed by atoms with E-state index in [9.17, 15) is 4.79 Å². The maximum atomic E-state index is 12.3. The summed E-state index contributed by atoms with van der Waals surface area (Å²) < 4.78 is 0. The lowest BCUT2D eigenvalue weighted by molar-refractivity contribution is 0.0669.